The van der Waals surface area contributed by atoms with E-state index in [1.807, 2.05) is 29.8 Å². The molecular weight excluding hydrogens is 252 g/mol. The molecule has 0 spiro atoms. The van der Waals surface area contributed by atoms with Gasteiger partial charge in [0.05, 0.1) is 5.69 Å². The first-order valence-electron chi connectivity index (χ1n) is 7.02. The Bertz CT molecular complexity index is 614. The Hall–Kier alpha value is -2.17. The zero-order chi connectivity index (χ0) is 13.9. The van der Waals surface area contributed by atoms with Gasteiger partial charge in [-0.1, -0.05) is 12.8 Å². The van der Waals surface area contributed by atoms with E-state index in [2.05, 4.69) is 15.3 Å². The molecule has 1 amide bonds. The molecule has 1 fully saturated rings. The van der Waals surface area contributed by atoms with E-state index in [0.29, 0.717) is 5.82 Å². The summed E-state index contributed by atoms with van der Waals surface area (Å²) in [5, 5.41) is 3.02. The largest absolute Gasteiger partial charge is 0.323 e. The van der Waals surface area contributed by atoms with Crippen LogP contribution in [0.2, 0.25) is 0 Å². The summed E-state index contributed by atoms with van der Waals surface area (Å²) in [5.41, 5.74) is 0.741. The third kappa shape index (κ3) is 2.43. The number of hydrogen-bond acceptors (Lipinski definition) is 3. The molecule has 1 N–H and O–H groups in total. The minimum Gasteiger partial charge on any atom is -0.323 e. The van der Waals surface area contributed by atoms with E-state index in [1.54, 1.807) is 12.4 Å². The van der Waals surface area contributed by atoms with Gasteiger partial charge in [-0.25, -0.2) is 9.97 Å². The molecule has 1 aliphatic rings. The normalized spacial score (nSPS) is 15.4. The highest BCUT2D eigenvalue weighted by atomic mass is 16.1. The van der Waals surface area contributed by atoms with Crippen molar-refractivity contribution in [3.63, 3.8) is 0 Å². The average Bonchev–Trinajstić information content (AvgIpc) is 3.10. The van der Waals surface area contributed by atoms with Gasteiger partial charge in [0.2, 0.25) is 5.91 Å². The number of pyridine rings is 1. The van der Waals surface area contributed by atoms with Gasteiger partial charge in [-0.2, -0.15) is 0 Å². The fraction of sp³-hybridized carbons (Fsp3) is 0.400. The van der Waals surface area contributed by atoms with Crippen LogP contribution in [0, 0.1) is 12.8 Å². The van der Waals surface area contributed by atoms with E-state index in [4.69, 9.17) is 0 Å². The van der Waals surface area contributed by atoms with E-state index in [0.717, 1.165) is 37.2 Å². The number of hydrogen-bond donors (Lipinski definition) is 1. The molecule has 20 heavy (non-hydrogen) atoms. The molecule has 0 aromatic carbocycles. The van der Waals surface area contributed by atoms with Crippen LogP contribution in [0.15, 0.2) is 30.7 Å². The molecular formula is C15H18N4O. The number of aryl methyl sites for hydroxylation is 1. The molecule has 0 bridgehead atoms. The second-order valence-electron chi connectivity index (χ2n) is 5.19. The van der Waals surface area contributed by atoms with E-state index >= 15 is 0 Å². The summed E-state index contributed by atoms with van der Waals surface area (Å²) in [6, 6.07) is 3.72. The van der Waals surface area contributed by atoms with Crippen LogP contribution in [-0.4, -0.2) is 20.4 Å². The Kier molecular flexibility index (Phi) is 3.50. The van der Waals surface area contributed by atoms with Crippen LogP contribution in [0.4, 0.5) is 5.69 Å². The Labute approximate surface area is 118 Å². The second kappa shape index (κ2) is 5.45. The lowest BCUT2D eigenvalue weighted by Crippen LogP contribution is -2.21. The minimum absolute atomic E-state index is 0.106. The number of nitrogens with zero attached hydrogens (tertiary/aromatic N) is 3. The smallest absolute Gasteiger partial charge is 0.227 e. The summed E-state index contributed by atoms with van der Waals surface area (Å²) in [5.74, 6) is 1.82. The zero-order valence-corrected chi connectivity index (χ0v) is 11.5. The molecule has 0 aliphatic heterocycles. The lowest BCUT2D eigenvalue weighted by Gasteiger charge is -2.14. The molecule has 104 valence electrons. The summed E-state index contributed by atoms with van der Waals surface area (Å²) < 4.78 is 1.88. The highest BCUT2D eigenvalue weighted by molar-refractivity contribution is 5.94. The number of aromatic nitrogens is 3. The van der Waals surface area contributed by atoms with Crippen LogP contribution in [0.25, 0.3) is 5.82 Å². The molecule has 0 atom stereocenters. The lowest BCUT2D eigenvalue weighted by atomic mass is 10.1. The monoisotopic (exact) mass is 270 g/mol. The molecule has 0 radical (unpaired) electrons. The fourth-order valence-electron chi connectivity index (χ4n) is 2.71. The Morgan fingerprint density at radius 2 is 2.10 bits per heavy atom. The van der Waals surface area contributed by atoms with Crippen molar-refractivity contribution in [2.24, 2.45) is 5.92 Å². The van der Waals surface area contributed by atoms with E-state index in [-0.39, 0.29) is 11.8 Å². The molecule has 2 heterocycles. The summed E-state index contributed by atoms with van der Waals surface area (Å²) >= 11 is 0. The van der Waals surface area contributed by atoms with Gasteiger partial charge < -0.3 is 5.32 Å². The van der Waals surface area contributed by atoms with Gasteiger partial charge in [-0.15, -0.1) is 0 Å². The maximum atomic E-state index is 12.3. The highest BCUT2D eigenvalue weighted by Gasteiger charge is 2.23. The van der Waals surface area contributed by atoms with Crippen molar-refractivity contribution in [3.05, 3.63) is 36.5 Å². The van der Waals surface area contributed by atoms with E-state index < -0.39 is 0 Å². The lowest BCUT2D eigenvalue weighted by molar-refractivity contribution is -0.119. The predicted molar refractivity (Wildman–Crippen MR) is 76.7 cm³/mol. The maximum absolute atomic E-state index is 12.3. The van der Waals surface area contributed by atoms with Crippen molar-refractivity contribution in [1.82, 2.24) is 14.5 Å². The van der Waals surface area contributed by atoms with E-state index in [9.17, 15) is 4.79 Å². The first-order valence-corrected chi connectivity index (χ1v) is 7.02. The predicted octanol–water partition coefficient (Wildman–Crippen LogP) is 2.70. The Morgan fingerprint density at radius 3 is 2.80 bits per heavy atom. The van der Waals surface area contributed by atoms with Crippen molar-refractivity contribution in [1.29, 1.82) is 0 Å². The quantitative estimate of drug-likeness (QED) is 0.932. The summed E-state index contributed by atoms with van der Waals surface area (Å²) in [7, 11) is 0. The van der Waals surface area contributed by atoms with Crippen LogP contribution in [-0.2, 0) is 4.79 Å². The average molecular weight is 270 g/mol. The van der Waals surface area contributed by atoms with Crippen LogP contribution >= 0.6 is 0 Å². The molecule has 0 unspecified atom stereocenters. The van der Waals surface area contributed by atoms with Crippen molar-refractivity contribution >= 4 is 11.6 Å². The number of amides is 1. The molecule has 1 saturated carbocycles. The number of rotatable bonds is 3. The van der Waals surface area contributed by atoms with Crippen molar-refractivity contribution < 1.29 is 4.79 Å². The van der Waals surface area contributed by atoms with Gasteiger partial charge >= 0.3 is 0 Å². The summed E-state index contributed by atoms with van der Waals surface area (Å²) in [6.45, 7) is 1.91. The summed E-state index contributed by atoms with van der Waals surface area (Å²) in [6.07, 6.45) is 9.59. The fourth-order valence-corrected chi connectivity index (χ4v) is 2.71. The van der Waals surface area contributed by atoms with Crippen molar-refractivity contribution in [2.75, 3.05) is 5.32 Å². The third-order valence-electron chi connectivity index (χ3n) is 3.82. The molecule has 0 saturated heterocycles. The molecule has 5 heteroatoms. The molecule has 1 aliphatic carbocycles. The Morgan fingerprint density at radius 1 is 1.30 bits per heavy atom. The molecule has 2 aromatic rings. The van der Waals surface area contributed by atoms with Crippen LogP contribution in [0.3, 0.4) is 0 Å². The number of carbonyl (C=O) groups excluding carboxylic acids is 1. The maximum Gasteiger partial charge on any atom is 0.227 e. The van der Waals surface area contributed by atoms with Crippen molar-refractivity contribution in [3.8, 4) is 5.82 Å². The van der Waals surface area contributed by atoms with Crippen LogP contribution in [0.5, 0.6) is 0 Å². The molecule has 3 rings (SSSR count). The minimum atomic E-state index is 0.106. The standard InChI is InChI=1S/C15H18N4O/c1-11-16-9-10-19(11)14-13(7-4-8-17-14)18-15(20)12-5-2-3-6-12/h4,7-10,12H,2-3,5-6H2,1H3,(H,18,20). The molecule has 5 nitrogen and oxygen atoms in total. The number of anilines is 1. The van der Waals surface area contributed by atoms with Crippen molar-refractivity contribution in [2.45, 2.75) is 32.6 Å². The number of carbonyl (C=O) groups is 1. The van der Waals surface area contributed by atoms with Gasteiger partial charge in [0.15, 0.2) is 5.82 Å². The highest BCUT2D eigenvalue weighted by Crippen LogP contribution is 2.27. The van der Waals surface area contributed by atoms with E-state index in [1.165, 1.54) is 0 Å². The number of nitrogens with one attached hydrogen (secondary N) is 1. The SMILES string of the molecule is Cc1nccn1-c1ncccc1NC(=O)C1CCCC1. The topological polar surface area (TPSA) is 59.8 Å². The first kappa shape index (κ1) is 12.8. The van der Waals surface area contributed by atoms with Gasteiger partial charge in [0, 0.05) is 24.5 Å². The summed E-state index contributed by atoms with van der Waals surface area (Å²) in [4.78, 5) is 20.8. The molecule has 2 aromatic heterocycles. The van der Waals surface area contributed by atoms with Gasteiger partial charge in [0.1, 0.15) is 5.82 Å². The van der Waals surface area contributed by atoms with Gasteiger partial charge in [-0.05, 0) is 31.9 Å². The first-order chi connectivity index (χ1) is 9.75. The zero-order valence-electron chi connectivity index (χ0n) is 11.5. The van der Waals surface area contributed by atoms with Crippen LogP contribution < -0.4 is 5.32 Å². The number of imidazole rings is 1. The van der Waals surface area contributed by atoms with Crippen LogP contribution in [0.1, 0.15) is 31.5 Å². The van der Waals surface area contributed by atoms with Gasteiger partial charge in [-0.3, -0.25) is 9.36 Å². The second-order valence-corrected chi connectivity index (χ2v) is 5.19. The third-order valence-corrected chi connectivity index (χ3v) is 3.82. The van der Waals surface area contributed by atoms with Gasteiger partial charge in [0.25, 0.3) is 0 Å². The Balaban J connectivity index is 1.86.